The van der Waals surface area contributed by atoms with E-state index in [0.717, 1.165) is 31.2 Å². The first-order chi connectivity index (χ1) is 12.4. The molecule has 0 amide bonds. The van der Waals surface area contributed by atoms with Gasteiger partial charge in [-0.05, 0) is 56.4 Å². The van der Waals surface area contributed by atoms with Gasteiger partial charge in [0.15, 0.2) is 6.10 Å². The van der Waals surface area contributed by atoms with Crippen molar-refractivity contribution in [2.45, 2.75) is 68.2 Å². The van der Waals surface area contributed by atoms with Crippen molar-refractivity contribution in [1.82, 2.24) is 10.0 Å². The minimum absolute atomic E-state index is 0.0319. The van der Waals surface area contributed by atoms with E-state index in [0.29, 0.717) is 24.3 Å². The summed E-state index contributed by atoms with van der Waals surface area (Å²) >= 11 is 0. The molecule has 0 saturated carbocycles. The Morgan fingerprint density at radius 1 is 1.31 bits per heavy atom. The molecule has 1 aromatic rings. The van der Waals surface area contributed by atoms with Crippen molar-refractivity contribution < 1.29 is 22.7 Å². The molecule has 2 bridgehead atoms. The molecule has 2 fully saturated rings. The number of benzene rings is 1. The van der Waals surface area contributed by atoms with E-state index in [1.54, 1.807) is 19.1 Å². The highest BCUT2D eigenvalue weighted by Crippen LogP contribution is 2.32. The normalized spacial score (nSPS) is 29.9. The second-order valence-electron chi connectivity index (χ2n) is 7.26. The molecule has 3 unspecified atom stereocenters. The predicted molar refractivity (Wildman–Crippen MR) is 94.5 cm³/mol. The first kappa shape index (κ1) is 17.8. The molecule has 26 heavy (non-hydrogen) atoms. The molecule has 3 heterocycles. The number of esters is 1. The van der Waals surface area contributed by atoms with Gasteiger partial charge in [0.1, 0.15) is 5.75 Å². The summed E-state index contributed by atoms with van der Waals surface area (Å²) in [5.74, 6) is 0.123. The predicted octanol–water partition coefficient (Wildman–Crippen LogP) is 1.11. The van der Waals surface area contributed by atoms with E-state index in [1.807, 2.05) is 0 Å². The summed E-state index contributed by atoms with van der Waals surface area (Å²) in [5, 5.41) is 3.51. The van der Waals surface area contributed by atoms with Gasteiger partial charge in [0.05, 0.1) is 11.5 Å². The fraction of sp³-hybridized carbons (Fsp3) is 0.611. The maximum absolute atomic E-state index is 12.8. The standard InChI is InChI=1S/C18H24N2O5S/c1-2-24-18(21)17-8-11-7-15(5-6-16(11)25-17)26(22,23)20-14-9-12-3-4-13(10-14)19-12/h5-7,12-14,17,19-20H,2-4,8-10H2,1H3. The molecular weight excluding hydrogens is 356 g/mol. The van der Waals surface area contributed by atoms with Gasteiger partial charge >= 0.3 is 5.97 Å². The lowest BCUT2D eigenvalue weighted by atomic mass is 10.0. The maximum Gasteiger partial charge on any atom is 0.347 e. The van der Waals surface area contributed by atoms with Gasteiger partial charge in [-0.2, -0.15) is 0 Å². The minimum Gasteiger partial charge on any atom is -0.478 e. The molecule has 7 nitrogen and oxygen atoms in total. The number of carbonyl (C=O) groups is 1. The second kappa shape index (κ2) is 6.83. The molecule has 0 aromatic heterocycles. The van der Waals surface area contributed by atoms with Crippen LogP contribution < -0.4 is 14.8 Å². The minimum atomic E-state index is -3.60. The van der Waals surface area contributed by atoms with E-state index >= 15 is 0 Å². The lowest BCUT2D eigenvalue weighted by Crippen LogP contribution is -2.47. The maximum atomic E-state index is 12.8. The average molecular weight is 380 g/mol. The molecule has 1 aromatic carbocycles. The van der Waals surface area contributed by atoms with Crippen LogP contribution in [0.3, 0.4) is 0 Å². The van der Waals surface area contributed by atoms with Crippen LogP contribution >= 0.6 is 0 Å². The molecule has 2 N–H and O–H groups in total. The van der Waals surface area contributed by atoms with Crippen molar-refractivity contribution >= 4 is 16.0 Å². The fourth-order valence-corrected chi connectivity index (χ4v) is 5.51. The highest BCUT2D eigenvalue weighted by atomic mass is 32.2. The van der Waals surface area contributed by atoms with Gasteiger partial charge in [-0.1, -0.05) is 0 Å². The Morgan fingerprint density at radius 2 is 2.04 bits per heavy atom. The molecule has 2 saturated heterocycles. The van der Waals surface area contributed by atoms with Gasteiger partial charge in [0, 0.05) is 24.5 Å². The van der Waals surface area contributed by atoms with Crippen LogP contribution in [0, 0.1) is 0 Å². The third-order valence-electron chi connectivity index (χ3n) is 5.36. The largest absolute Gasteiger partial charge is 0.478 e. The van der Waals surface area contributed by atoms with Gasteiger partial charge in [-0.15, -0.1) is 0 Å². The molecule has 3 atom stereocenters. The topological polar surface area (TPSA) is 93.7 Å². The van der Waals surface area contributed by atoms with Crippen molar-refractivity contribution in [1.29, 1.82) is 0 Å². The Labute approximate surface area is 153 Å². The number of hydrogen-bond acceptors (Lipinski definition) is 6. The monoisotopic (exact) mass is 380 g/mol. The molecule has 0 radical (unpaired) electrons. The van der Waals surface area contributed by atoms with Crippen LogP contribution in [-0.2, 0) is 26.0 Å². The first-order valence-electron chi connectivity index (χ1n) is 9.19. The van der Waals surface area contributed by atoms with Crippen molar-refractivity contribution in [3.05, 3.63) is 23.8 Å². The van der Waals surface area contributed by atoms with E-state index in [-0.39, 0.29) is 17.5 Å². The van der Waals surface area contributed by atoms with Crippen molar-refractivity contribution in [2.24, 2.45) is 0 Å². The quantitative estimate of drug-likeness (QED) is 0.744. The lowest BCUT2D eigenvalue weighted by molar-refractivity contribution is -0.150. The Hall–Kier alpha value is -1.64. The Balaban J connectivity index is 1.47. The van der Waals surface area contributed by atoms with Gasteiger partial charge < -0.3 is 14.8 Å². The zero-order chi connectivity index (χ0) is 18.3. The number of ether oxygens (including phenoxy) is 2. The van der Waals surface area contributed by atoms with Gasteiger partial charge in [0.2, 0.25) is 10.0 Å². The van der Waals surface area contributed by atoms with Crippen LogP contribution in [0.15, 0.2) is 23.1 Å². The summed E-state index contributed by atoms with van der Waals surface area (Å²) in [6.45, 7) is 2.03. The summed E-state index contributed by atoms with van der Waals surface area (Å²) in [6, 6.07) is 5.56. The highest BCUT2D eigenvalue weighted by molar-refractivity contribution is 7.89. The average Bonchev–Trinajstić information content (AvgIpc) is 3.17. The number of rotatable bonds is 5. The summed E-state index contributed by atoms with van der Waals surface area (Å²) in [4.78, 5) is 12.1. The van der Waals surface area contributed by atoms with Crippen LogP contribution in [0.4, 0.5) is 0 Å². The van der Waals surface area contributed by atoms with Crippen molar-refractivity contribution in [2.75, 3.05) is 6.61 Å². The smallest absolute Gasteiger partial charge is 0.347 e. The van der Waals surface area contributed by atoms with Crippen LogP contribution in [0.5, 0.6) is 5.75 Å². The summed E-state index contributed by atoms with van der Waals surface area (Å²) < 4.78 is 39.0. The third kappa shape index (κ3) is 3.45. The van der Waals surface area contributed by atoms with Crippen molar-refractivity contribution in [3.63, 3.8) is 0 Å². The molecule has 3 aliphatic heterocycles. The third-order valence-corrected chi connectivity index (χ3v) is 6.88. The Bertz CT molecular complexity index is 798. The number of carbonyl (C=O) groups excluding carboxylic acids is 1. The summed E-state index contributed by atoms with van der Waals surface area (Å²) in [7, 11) is -3.60. The Morgan fingerprint density at radius 3 is 2.73 bits per heavy atom. The van der Waals surface area contributed by atoms with E-state index in [4.69, 9.17) is 9.47 Å². The number of piperidine rings is 1. The Kier molecular flexibility index (Phi) is 4.66. The summed E-state index contributed by atoms with van der Waals surface area (Å²) in [6.07, 6.45) is 3.53. The highest BCUT2D eigenvalue weighted by Gasteiger charge is 2.36. The number of fused-ring (bicyclic) bond motifs is 3. The van der Waals surface area contributed by atoms with Crippen LogP contribution in [-0.4, -0.2) is 45.2 Å². The van der Waals surface area contributed by atoms with E-state index in [2.05, 4.69) is 10.0 Å². The van der Waals surface area contributed by atoms with Gasteiger partial charge in [-0.25, -0.2) is 17.9 Å². The molecule has 142 valence electrons. The first-order valence-corrected chi connectivity index (χ1v) is 10.7. The molecule has 4 rings (SSSR count). The van der Waals surface area contributed by atoms with Gasteiger partial charge in [-0.3, -0.25) is 0 Å². The van der Waals surface area contributed by atoms with E-state index in [1.165, 1.54) is 6.07 Å². The number of hydrogen-bond donors (Lipinski definition) is 2. The van der Waals surface area contributed by atoms with Crippen LogP contribution in [0.2, 0.25) is 0 Å². The molecule has 3 aliphatic rings. The van der Waals surface area contributed by atoms with E-state index in [9.17, 15) is 13.2 Å². The molecule has 0 spiro atoms. The zero-order valence-electron chi connectivity index (χ0n) is 14.7. The zero-order valence-corrected chi connectivity index (χ0v) is 15.6. The molecule has 0 aliphatic carbocycles. The number of sulfonamides is 1. The van der Waals surface area contributed by atoms with Gasteiger partial charge in [0.25, 0.3) is 0 Å². The number of nitrogens with one attached hydrogen (secondary N) is 2. The van der Waals surface area contributed by atoms with E-state index < -0.39 is 22.1 Å². The second-order valence-corrected chi connectivity index (χ2v) is 8.97. The van der Waals surface area contributed by atoms with Crippen LogP contribution in [0.1, 0.15) is 38.2 Å². The lowest BCUT2D eigenvalue weighted by Gasteiger charge is -2.29. The summed E-state index contributed by atoms with van der Waals surface area (Å²) in [5.41, 5.74) is 0.719. The fourth-order valence-electron chi connectivity index (χ4n) is 4.20. The molecular formula is C18H24N2O5S. The van der Waals surface area contributed by atoms with Crippen LogP contribution in [0.25, 0.3) is 0 Å². The molecule has 8 heteroatoms. The SMILES string of the molecule is CCOC(=O)C1Cc2cc(S(=O)(=O)NC3CC4CCC(C3)N4)ccc2O1. The van der Waals surface area contributed by atoms with Crippen molar-refractivity contribution in [3.8, 4) is 5.75 Å².